The average molecular weight is 252 g/mol. The molecule has 0 radical (unpaired) electrons. The van der Waals surface area contributed by atoms with Crippen molar-refractivity contribution in [1.82, 2.24) is 0 Å². The first-order valence-corrected chi connectivity index (χ1v) is 6.15. The van der Waals surface area contributed by atoms with E-state index in [2.05, 4.69) is 0 Å². The average Bonchev–Trinajstić information content (AvgIpc) is 2.39. The van der Waals surface area contributed by atoms with Crippen molar-refractivity contribution in [2.45, 2.75) is 26.8 Å². The smallest absolute Gasteiger partial charge is 0.127 e. The number of nitrogens with two attached hydrogens (primary N) is 2. The van der Waals surface area contributed by atoms with Crippen LogP contribution in [0.15, 0.2) is 6.07 Å². The van der Waals surface area contributed by atoms with E-state index in [0.717, 1.165) is 28.2 Å². The molecule has 0 saturated carbocycles. The first kappa shape index (κ1) is 14.8. The second-order valence-electron chi connectivity index (χ2n) is 4.69. The van der Waals surface area contributed by atoms with E-state index in [4.69, 9.17) is 20.9 Å². The molecule has 0 spiro atoms. The van der Waals surface area contributed by atoms with Gasteiger partial charge in [0.1, 0.15) is 11.5 Å². The number of methoxy groups -OCH3 is 2. The number of ether oxygens (including phenoxy) is 2. The lowest BCUT2D eigenvalue weighted by Crippen LogP contribution is -2.26. The zero-order valence-corrected chi connectivity index (χ0v) is 11.9. The van der Waals surface area contributed by atoms with E-state index in [-0.39, 0.29) is 12.0 Å². The molecule has 0 fully saturated rings. The van der Waals surface area contributed by atoms with Gasteiger partial charge in [-0.2, -0.15) is 0 Å². The van der Waals surface area contributed by atoms with Gasteiger partial charge in [-0.05, 0) is 43.5 Å². The summed E-state index contributed by atoms with van der Waals surface area (Å²) in [5, 5.41) is 0. The van der Waals surface area contributed by atoms with E-state index in [0.29, 0.717) is 6.54 Å². The van der Waals surface area contributed by atoms with Crippen molar-refractivity contribution < 1.29 is 9.47 Å². The van der Waals surface area contributed by atoms with Crippen LogP contribution in [0.1, 0.15) is 29.7 Å². The Morgan fingerprint density at radius 2 is 1.78 bits per heavy atom. The largest absolute Gasteiger partial charge is 0.496 e. The maximum atomic E-state index is 6.25. The third-order valence-electron chi connectivity index (χ3n) is 3.59. The van der Waals surface area contributed by atoms with E-state index in [9.17, 15) is 0 Å². The molecule has 102 valence electrons. The van der Waals surface area contributed by atoms with Crippen molar-refractivity contribution in [2.24, 2.45) is 17.4 Å². The summed E-state index contributed by atoms with van der Waals surface area (Å²) in [6, 6.07) is 1.80. The van der Waals surface area contributed by atoms with Crippen LogP contribution in [0.25, 0.3) is 0 Å². The highest BCUT2D eigenvalue weighted by Gasteiger charge is 2.22. The van der Waals surface area contributed by atoms with Crippen molar-refractivity contribution in [3.05, 3.63) is 22.8 Å². The number of hydrogen-bond acceptors (Lipinski definition) is 4. The highest BCUT2D eigenvalue weighted by molar-refractivity contribution is 5.53. The Morgan fingerprint density at radius 1 is 1.17 bits per heavy atom. The minimum absolute atomic E-state index is 0.154. The molecule has 1 aromatic carbocycles. The molecule has 0 aliphatic carbocycles. The van der Waals surface area contributed by atoms with E-state index in [1.54, 1.807) is 14.2 Å². The molecule has 4 N–H and O–H groups in total. The molecular formula is C14H24N2O2. The van der Waals surface area contributed by atoms with Crippen molar-refractivity contribution in [1.29, 1.82) is 0 Å². The van der Waals surface area contributed by atoms with Crippen LogP contribution in [0.3, 0.4) is 0 Å². The van der Waals surface area contributed by atoms with Crippen LogP contribution >= 0.6 is 0 Å². The molecule has 4 nitrogen and oxygen atoms in total. The Labute approximate surface area is 109 Å². The Bertz CT molecular complexity index is 419. The Morgan fingerprint density at radius 3 is 2.22 bits per heavy atom. The molecule has 0 bridgehead atoms. The predicted octanol–water partition coefficient (Wildman–Crippen LogP) is 1.92. The molecular weight excluding hydrogens is 228 g/mol. The number of benzene rings is 1. The van der Waals surface area contributed by atoms with Crippen LogP contribution in [0, 0.1) is 19.8 Å². The highest BCUT2D eigenvalue weighted by atomic mass is 16.5. The fourth-order valence-corrected chi connectivity index (χ4v) is 2.07. The van der Waals surface area contributed by atoms with Crippen LogP contribution in [-0.2, 0) is 0 Å². The summed E-state index contributed by atoms with van der Waals surface area (Å²) in [7, 11) is 3.33. The summed E-state index contributed by atoms with van der Waals surface area (Å²) >= 11 is 0. The van der Waals surface area contributed by atoms with Crippen LogP contribution in [0.5, 0.6) is 11.5 Å². The summed E-state index contributed by atoms with van der Waals surface area (Å²) in [4.78, 5) is 0. The van der Waals surface area contributed by atoms with Gasteiger partial charge in [-0.1, -0.05) is 6.92 Å². The van der Waals surface area contributed by atoms with Gasteiger partial charge in [0, 0.05) is 11.6 Å². The topological polar surface area (TPSA) is 70.5 Å². The predicted molar refractivity (Wildman–Crippen MR) is 74.2 cm³/mol. The quantitative estimate of drug-likeness (QED) is 0.840. The van der Waals surface area contributed by atoms with Gasteiger partial charge in [-0.3, -0.25) is 0 Å². The molecule has 1 rings (SSSR count). The Balaban J connectivity index is 3.37. The molecule has 0 saturated heterocycles. The summed E-state index contributed by atoms with van der Waals surface area (Å²) < 4.78 is 10.9. The van der Waals surface area contributed by atoms with Gasteiger partial charge < -0.3 is 20.9 Å². The van der Waals surface area contributed by atoms with E-state index < -0.39 is 0 Å². The van der Waals surface area contributed by atoms with Crippen LogP contribution in [-0.4, -0.2) is 20.8 Å². The molecule has 0 heterocycles. The fourth-order valence-electron chi connectivity index (χ4n) is 2.07. The first-order valence-electron chi connectivity index (χ1n) is 6.15. The maximum absolute atomic E-state index is 6.25. The molecule has 2 atom stereocenters. The molecule has 0 aliphatic rings. The van der Waals surface area contributed by atoms with Gasteiger partial charge in [0.2, 0.25) is 0 Å². The van der Waals surface area contributed by atoms with Crippen LogP contribution < -0.4 is 20.9 Å². The highest BCUT2D eigenvalue weighted by Crippen LogP contribution is 2.37. The monoisotopic (exact) mass is 252 g/mol. The van der Waals surface area contributed by atoms with Gasteiger partial charge in [0.15, 0.2) is 0 Å². The second kappa shape index (κ2) is 6.07. The maximum Gasteiger partial charge on any atom is 0.127 e. The summed E-state index contributed by atoms with van der Waals surface area (Å²) in [6.45, 7) is 6.60. The molecule has 18 heavy (non-hydrogen) atoms. The lowest BCUT2D eigenvalue weighted by atomic mass is 9.91. The third-order valence-corrected chi connectivity index (χ3v) is 3.59. The van der Waals surface area contributed by atoms with E-state index in [1.807, 2.05) is 26.8 Å². The zero-order chi connectivity index (χ0) is 13.9. The van der Waals surface area contributed by atoms with Crippen molar-refractivity contribution in [3.63, 3.8) is 0 Å². The van der Waals surface area contributed by atoms with Gasteiger partial charge in [-0.15, -0.1) is 0 Å². The number of rotatable bonds is 5. The first-order chi connectivity index (χ1) is 8.47. The van der Waals surface area contributed by atoms with Crippen molar-refractivity contribution >= 4 is 0 Å². The molecule has 0 aromatic heterocycles. The normalized spacial score (nSPS) is 14.2. The standard InChI is InChI=1S/C14H24N2O2/c1-8(7-15)13(16)11-6-12(17-4)9(2)10(3)14(11)18-5/h6,8,13H,7,15-16H2,1-5H3. The van der Waals surface area contributed by atoms with Crippen LogP contribution in [0.2, 0.25) is 0 Å². The van der Waals surface area contributed by atoms with Gasteiger partial charge in [0.25, 0.3) is 0 Å². The lowest BCUT2D eigenvalue weighted by molar-refractivity contribution is 0.379. The van der Waals surface area contributed by atoms with Crippen molar-refractivity contribution in [2.75, 3.05) is 20.8 Å². The number of hydrogen-bond donors (Lipinski definition) is 2. The minimum Gasteiger partial charge on any atom is -0.496 e. The SMILES string of the molecule is COc1cc(C(N)C(C)CN)c(OC)c(C)c1C. The van der Waals surface area contributed by atoms with Gasteiger partial charge >= 0.3 is 0 Å². The second-order valence-corrected chi connectivity index (χ2v) is 4.69. The fraction of sp³-hybridized carbons (Fsp3) is 0.571. The third kappa shape index (κ3) is 2.60. The molecule has 0 aliphatic heterocycles. The molecule has 0 amide bonds. The minimum atomic E-state index is -0.154. The van der Waals surface area contributed by atoms with Crippen molar-refractivity contribution in [3.8, 4) is 11.5 Å². The molecule has 2 unspecified atom stereocenters. The summed E-state index contributed by atoms with van der Waals surface area (Å²) in [5.41, 5.74) is 15.0. The van der Waals surface area contributed by atoms with E-state index >= 15 is 0 Å². The van der Waals surface area contributed by atoms with E-state index in [1.165, 1.54) is 0 Å². The summed E-state index contributed by atoms with van der Waals surface area (Å²) in [5.74, 6) is 1.86. The summed E-state index contributed by atoms with van der Waals surface area (Å²) in [6.07, 6.45) is 0. The lowest BCUT2D eigenvalue weighted by Gasteiger charge is -2.24. The molecule has 1 aromatic rings. The Hall–Kier alpha value is -1.26. The zero-order valence-electron chi connectivity index (χ0n) is 11.9. The molecule has 4 heteroatoms. The van der Waals surface area contributed by atoms with Gasteiger partial charge in [0.05, 0.1) is 14.2 Å². The van der Waals surface area contributed by atoms with Gasteiger partial charge in [-0.25, -0.2) is 0 Å². The Kier molecular flexibility index (Phi) is 4.99. The van der Waals surface area contributed by atoms with Crippen LogP contribution in [0.4, 0.5) is 0 Å².